The molecule has 140 valence electrons. The Labute approximate surface area is 160 Å². The van der Waals surface area contributed by atoms with Gasteiger partial charge in [0.05, 0.1) is 19.8 Å². The smallest absolute Gasteiger partial charge is 0.191 e. The third-order valence-electron chi connectivity index (χ3n) is 3.40. The van der Waals surface area contributed by atoms with Crippen LogP contribution < -0.4 is 10.6 Å². The average Bonchev–Trinajstić information content (AvgIpc) is 2.52. The van der Waals surface area contributed by atoms with E-state index in [1.807, 2.05) is 0 Å². The summed E-state index contributed by atoms with van der Waals surface area (Å²) in [6.45, 7) is 10.2. The Balaban J connectivity index is 0. The molecule has 0 aliphatic carbocycles. The minimum absolute atomic E-state index is 0. The molecule has 1 unspecified atom stereocenters. The predicted molar refractivity (Wildman–Crippen MR) is 110 cm³/mol. The molecule has 1 atom stereocenters. The molecule has 0 rings (SSSR count). The van der Waals surface area contributed by atoms with Crippen molar-refractivity contribution >= 4 is 29.9 Å². The number of hydrogen-bond acceptors (Lipinski definition) is 3. The van der Waals surface area contributed by atoms with Crippen LogP contribution in [0, 0.1) is 0 Å². The van der Waals surface area contributed by atoms with E-state index in [0.29, 0.717) is 25.9 Å². The van der Waals surface area contributed by atoms with Gasteiger partial charge in [-0.15, -0.1) is 24.0 Å². The largest absolute Gasteiger partial charge is 0.379 e. The Bertz CT molecular complexity index is 266. The van der Waals surface area contributed by atoms with Crippen LogP contribution in [0.25, 0.3) is 0 Å². The van der Waals surface area contributed by atoms with Gasteiger partial charge in [0, 0.05) is 26.2 Å². The standard InChI is InChI=1S/C17H37N3O2.HI/c1-5-7-9-10-16(3)20-17(18-4)19-11-13-22-15-14-21-12-8-6-2;/h16H,5-15H2,1-4H3,(H2,18,19,20);1H. The van der Waals surface area contributed by atoms with Gasteiger partial charge in [-0.2, -0.15) is 0 Å². The third kappa shape index (κ3) is 18.1. The van der Waals surface area contributed by atoms with Crippen molar-refractivity contribution in [2.75, 3.05) is 40.0 Å². The van der Waals surface area contributed by atoms with Crippen molar-refractivity contribution in [3.05, 3.63) is 0 Å². The minimum atomic E-state index is 0. The van der Waals surface area contributed by atoms with Crippen LogP contribution in [0.3, 0.4) is 0 Å². The summed E-state index contributed by atoms with van der Waals surface area (Å²) in [5, 5.41) is 6.68. The molecule has 6 heteroatoms. The lowest BCUT2D eigenvalue weighted by atomic mass is 10.1. The van der Waals surface area contributed by atoms with E-state index in [1.54, 1.807) is 7.05 Å². The van der Waals surface area contributed by atoms with Crippen molar-refractivity contribution in [1.82, 2.24) is 10.6 Å². The minimum Gasteiger partial charge on any atom is -0.379 e. The van der Waals surface area contributed by atoms with Crippen molar-refractivity contribution in [3.63, 3.8) is 0 Å². The molecule has 0 aliphatic rings. The van der Waals surface area contributed by atoms with Crippen molar-refractivity contribution in [2.45, 2.75) is 65.3 Å². The van der Waals surface area contributed by atoms with E-state index >= 15 is 0 Å². The van der Waals surface area contributed by atoms with Gasteiger partial charge in [0.15, 0.2) is 5.96 Å². The summed E-state index contributed by atoms with van der Waals surface area (Å²) < 4.78 is 11.0. The van der Waals surface area contributed by atoms with Gasteiger partial charge >= 0.3 is 0 Å². The topological polar surface area (TPSA) is 54.9 Å². The van der Waals surface area contributed by atoms with E-state index in [1.165, 1.54) is 32.1 Å². The molecule has 0 heterocycles. The first-order chi connectivity index (χ1) is 10.7. The number of rotatable bonds is 14. The third-order valence-corrected chi connectivity index (χ3v) is 3.40. The molecule has 0 radical (unpaired) electrons. The molecule has 0 bridgehead atoms. The van der Waals surface area contributed by atoms with Gasteiger partial charge in [0.2, 0.25) is 0 Å². The van der Waals surface area contributed by atoms with E-state index in [4.69, 9.17) is 9.47 Å². The van der Waals surface area contributed by atoms with Crippen molar-refractivity contribution < 1.29 is 9.47 Å². The van der Waals surface area contributed by atoms with Crippen LogP contribution in [0.4, 0.5) is 0 Å². The quantitative estimate of drug-likeness (QED) is 0.187. The Morgan fingerprint density at radius 1 is 0.957 bits per heavy atom. The molecule has 2 N–H and O–H groups in total. The second-order valence-corrected chi connectivity index (χ2v) is 5.62. The number of halogens is 1. The average molecular weight is 443 g/mol. The molecule has 0 aliphatic heterocycles. The lowest BCUT2D eigenvalue weighted by molar-refractivity contribution is 0.0487. The molecule has 5 nitrogen and oxygen atoms in total. The van der Waals surface area contributed by atoms with Crippen LogP contribution in [0.2, 0.25) is 0 Å². The highest BCUT2D eigenvalue weighted by atomic mass is 127. The van der Waals surface area contributed by atoms with Crippen LogP contribution in [0.5, 0.6) is 0 Å². The van der Waals surface area contributed by atoms with Crippen LogP contribution >= 0.6 is 24.0 Å². The zero-order valence-electron chi connectivity index (χ0n) is 15.5. The second-order valence-electron chi connectivity index (χ2n) is 5.62. The summed E-state index contributed by atoms with van der Waals surface area (Å²) >= 11 is 0. The number of unbranched alkanes of at least 4 members (excludes halogenated alkanes) is 3. The Hall–Kier alpha value is -0.0800. The second kappa shape index (κ2) is 20.0. The summed E-state index contributed by atoms with van der Waals surface area (Å²) in [6, 6.07) is 0.450. The highest BCUT2D eigenvalue weighted by Crippen LogP contribution is 2.02. The van der Waals surface area contributed by atoms with Gasteiger partial charge in [-0.3, -0.25) is 4.99 Å². The zero-order chi connectivity index (χ0) is 16.5. The number of nitrogens with one attached hydrogen (secondary N) is 2. The molecule has 0 saturated heterocycles. The van der Waals surface area contributed by atoms with Crippen LogP contribution in [0.15, 0.2) is 4.99 Å². The predicted octanol–water partition coefficient (Wildman–Crippen LogP) is 3.57. The molecule has 23 heavy (non-hydrogen) atoms. The molecule has 0 aromatic rings. The summed E-state index contributed by atoms with van der Waals surface area (Å²) in [4.78, 5) is 4.24. The van der Waals surface area contributed by atoms with Crippen LogP contribution in [-0.4, -0.2) is 52.0 Å². The van der Waals surface area contributed by atoms with E-state index in [2.05, 4.69) is 36.4 Å². The molecule has 0 aromatic carbocycles. The number of hydrogen-bond donors (Lipinski definition) is 2. The van der Waals surface area contributed by atoms with Gasteiger partial charge in [0.1, 0.15) is 0 Å². The summed E-state index contributed by atoms with van der Waals surface area (Å²) in [5.41, 5.74) is 0. The van der Waals surface area contributed by atoms with Gasteiger partial charge in [0.25, 0.3) is 0 Å². The lowest BCUT2D eigenvalue weighted by Crippen LogP contribution is -2.43. The summed E-state index contributed by atoms with van der Waals surface area (Å²) in [7, 11) is 1.80. The van der Waals surface area contributed by atoms with E-state index in [9.17, 15) is 0 Å². The number of guanidine groups is 1. The number of aliphatic imine (C=N–C) groups is 1. The maximum atomic E-state index is 5.52. The molecular formula is C17H38IN3O2. The normalized spacial score (nSPS) is 12.6. The Morgan fingerprint density at radius 3 is 2.22 bits per heavy atom. The Morgan fingerprint density at radius 2 is 1.61 bits per heavy atom. The highest BCUT2D eigenvalue weighted by Gasteiger charge is 2.04. The molecule has 0 saturated carbocycles. The fourth-order valence-corrected chi connectivity index (χ4v) is 2.01. The monoisotopic (exact) mass is 443 g/mol. The van der Waals surface area contributed by atoms with Crippen molar-refractivity contribution in [1.29, 1.82) is 0 Å². The van der Waals surface area contributed by atoms with Gasteiger partial charge in [-0.1, -0.05) is 39.5 Å². The zero-order valence-corrected chi connectivity index (χ0v) is 17.9. The number of nitrogens with zero attached hydrogens (tertiary/aromatic N) is 1. The van der Waals surface area contributed by atoms with Gasteiger partial charge < -0.3 is 20.1 Å². The molecule has 0 amide bonds. The molecule has 0 fully saturated rings. The molecular weight excluding hydrogens is 405 g/mol. The van der Waals surface area contributed by atoms with Crippen molar-refractivity contribution in [2.24, 2.45) is 4.99 Å². The van der Waals surface area contributed by atoms with Gasteiger partial charge in [-0.25, -0.2) is 0 Å². The van der Waals surface area contributed by atoms with E-state index < -0.39 is 0 Å². The first-order valence-electron chi connectivity index (χ1n) is 8.87. The van der Waals surface area contributed by atoms with Crippen molar-refractivity contribution in [3.8, 4) is 0 Å². The highest BCUT2D eigenvalue weighted by molar-refractivity contribution is 14.0. The summed E-state index contributed by atoms with van der Waals surface area (Å²) in [5.74, 6) is 0.854. The lowest BCUT2D eigenvalue weighted by Gasteiger charge is -2.17. The van der Waals surface area contributed by atoms with Crippen LogP contribution in [0.1, 0.15) is 59.3 Å². The van der Waals surface area contributed by atoms with Gasteiger partial charge in [-0.05, 0) is 19.8 Å². The fourth-order valence-electron chi connectivity index (χ4n) is 2.01. The SMILES string of the molecule is CCCCCC(C)NC(=NC)NCCOCCOCCCC.I. The van der Waals surface area contributed by atoms with Crippen LogP contribution in [-0.2, 0) is 9.47 Å². The number of ether oxygens (including phenoxy) is 2. The molecule has 0 aromatic heterocycles. The first-order valence-corrected chi connectivity index (χ1v) is 8.87. The maximum absolute atomic E-state index is 5.52. The van der Waals surface area contributed by atoms with E-state index in [0.717, 1.165) is 25.5 Å². The molecule has 0 spiro atoms. The summed E-state index contributed by atoms with van der Waals surface area (Å²) in [6.07, 6.45) is 7.31. The first kappa shape index (κ1) is 25.2. The maximum Gasteiger partial charge on any atom is 0.191 e. The Kier molecular flexibility index (Phi) is 21.8. The fraction of sp³-hybridized carbons (Fsp3) is 0.941. The van der Waals surface area contributed by atoms with E-state index in [-0.39, 0.29) is 24.0 Å².